The summed E-state index contributed by atoms with van der Waals surface area (Å²) in [6.07, 6.45) is 0.814. The minimum atomic E-state index is -1.19. The van der Waals surface area contributed by atoms with Gasteiger partial charge in [0.25, 0.3) is 11.8 Å². The first-order chi connectivity index (χ1) is 21.7. The molecule has 2 aliphatic rings. The number of halogens is 1. The third kappa shape index (κ3) is 6.00. The molecule has 3 aromatic carbocycles. The van der Waals surface area contributed by atoms with Gasteiger partial charge in [0.15, 0.2) is 5.82 Å². The van der Waals surface area contributed by atoms with Crippen LogP contribution in [0.5, 0.6) is 11.5 Å². The van der Waals surface area contributed by atoms with Gasteiger partial charge in [0.1, 0.15) is 22.9 Å². The Morgan fingerprint density at radius 2 is 1.80 bits per heavy atom. The van der Waals surface area contributed by atoms with E-state index in [-0.39, 0.29) is 36.3 Å². The summed E-state index contributed by atoms with van der Waals surface area (Å²) in [7, 11) is 1.58. The first-order valence-electron chi connectivity index (χ1n) is 15.1. The molecule has 0 N–H and O–H groups in total. The molecule has 2 fully saturated rings. The van der Waals surface area contributed by atoms with Crippen LogP contribution in [0, 0.1) is 5.82 Å². The molecule has 6 rings (SSSR count). The number of benzene rings is 3. The van der Waals surface area contributed by atoms with Crippen molar-refractivity contribution in [1.29, 1.82) is 0 Å². The molecule has 2 saturated heterocycles. The van der Waals surface area contributed by atoms with Gasteiger partial charge in [-0.15, -0.1) is 0 Å². The Hall–Kier alpha value is -4.77. The van der Waals surface area contributed by atoms with Gasteiger partial charge < -0.3 is 14.0 Å². The summed E-state index contributed by atoms with van der Waals surface area (Å²) < 4.78 is 31.0. The summed E-state index contributed by atoms with van der Waals surface area (Å²) in [5.41, 5.74) is 0.917. The molecule has 0 saturated carbocycles. The van der Waals surface area contributed by atoms with Gasteiger partial charge in [-0.2, -0.15) is 4.98 Å². The van der Waals surface area contributed by atoms with E-state index in [1.807, 2.05) is 32.0 Å². The highest BCUT2D eigenvalue weighted by molar-refractivity contribution is 6.16. The van der Waals surface area contributed by atoms with Gasteiger partial charge in [0.2, 0.25) is 0 Å². The zero-order valence-corrected chi connectivity index (χ0v) is 25.8. The number of piperidine rings is 1. The van der Waals surface area contributed by atoms with Gasteiger partial charge in [0.05, 0.1) is 19.8 Å². The van der Waals surface area contributed by atoms with Gasteiger partial charge in [-0.1, -0.05) is 23.4 Å². The lowest BCUT2D eigenvalue weighted by atomic mass is 9.81. The number of amides is 3. The Morgan fingerprint density at radius 3 is 2.51 bits per heavy atom. The molecule has 1 aromatic heterocycles. The standard InChI is InChI=1S/C34H36FN5O5/c1-22(2)44-29-10-5-7-24(17-29)20-38-16-15-34(19-23(38)3)32(41)39(33(42)40(34)27-9-6-8-26(35)18-27)21-30-36-31(45-37-30)25-11-13-28(43-4)14-12-25/h5-14,17-18,22-23H,15-16,19-21H2,1-4H3/t23-,34+/m0/s1. The van der Waals surface area contributed by atoms with E-state index >= 15 is 0 Å². The van der Waals surface area contributed by atoms with Crippen LogP contribution in [0.1, 0.15) is 45.0 Å². The van der Waals surface area contributed by atoms with Gasteiger partial charge in [0, 0.05) is 30.4 Å². The van der Waals surface area contributed by atoms with Crippen molar-refractivity contribution >= 4 is 17.6 Å². The molecule has 0 radical (unpaired) electrons. The average Bonchev–Trinajstić information content (AvgIpc) is 3.56. The maximum atomic E-state index is 14.5. The molecule has 10 nitrogen and oxygen atoms in total. The number of hydrogen-bond donors (Lipinski definition) is 0. The highest BCUT2D eigenvalue weighted by Crippen LogP contribution is 2.43. The second-order valence-electron chi connectivity index (χ2n) is 11.9. The monoisotopic (exact) mass is 613 g/mol. The molecule has 3 amide bonds. The van der Waals surface area contributed by atoms with Crippen molar-refractivity contribution in [2.75, 3.05) is 18.6 Å². The van der Waals surface area contributed by atoms with Crippen molar-refractivity contribution < 1.29 is 28.0 Å². The molecular formula is C34H36FN5O5. The Bertz CT molecular complexity index is 1690. The van der Waals surface area contributed by atoms with Crippen LogP contribution in [0.2, 0.25) is 0 Å². The zero-order chi connectivity index (χ0) is 31.7. The molecule has 3 heterocycles. The van der Waals surface area contributed by atoms with Crippen LogP contribution >= 0.6 is 0 Å². The molecule has 234 valence electrons. The number of ether oxygens (including phenoxy) is 2. The first-order valence-corrected chi connectivity index (χ1v) is 15.1. The van der Waals surface area contributed by atoms with Crippen molar-refractivity contribution in [3.8, 4) is 23.0 Å². The number of hydrogen-bond acceptors (Lipinski definition) is 8. The largest absolute Gasteiger partial charge is 0.497 e. The molecule has 0 unspecified atom stereocenters. The molecule has 0 aliphatic carbocycles. The summed E-state index contributed by atoms with van der Waals surface area (Å²) >= 11 is 0. The predicted octanol–water partition coefficient (Wildman–Crippen LogP) is 6.06. The maximum Gasteiger partial charge on any atom is 0.332 e. The zero-order valence-electron chi connectivity index (χ0n) is 25.8. The number of imide groups is 1. The Kier molecular flexibility index (Phi) is 8.28. The van der Waals surface area contributed by atoms with E-state index in [4.69, 9.17) is 14.0 Å². The van der Waals surface area contributed by atoms with Crippen LogP contribution in [0.15, 0.2) is 77.3 Å². The van der Waals surface area contributed by atoms with Crippen LogP contribution in [0.25, 0.3) is 11.5 Å². The quantitative estimate of drug-likeness (QED) is 0.210. The average molecular weight is 614 g/mol. The number of anilines is 1. The number of carbonyl (C=O) groups excluding carboxylic acids is 2. The Morgan fingerprint density at radius 1 is 1.02 bits per heavy atom. The summed E-state index contributed by atoms with van der Waals surface area (Å²) in [5.74, 6) is 1.10. The molecule has 2 aliphatic heterocycles. The van der Waals surface area contributed by atoms with E-state index in [0.717, 1.165) is 16.2 Å². The van der Waals surface area contributed by atoms with Gasteiger partial charge in [-0.25, -0.2) is 9.18 Å². The molecular weight excluding hydrogens is 577 g/mol. The summed E-state index contributed by atoms with van der Waals surface area (Å²) in [6.45, 7) is 7.08. The number of likely N-dealkylation sites (tertiary alicyclic amines) is 1. The van der Waals surface area contributed by atoms with Gasteiger partial charge >= 0.3 is 6.03 Å². The summed E-state index contributed by atoms with van der Waals surface area (Å²) in [5, 5.41) is 4.05. The molecule has 2 atom stereocenters. The second kappa shape index (κ2) is 12.3. The van der Waals surface area contributed by atoms with E-state index in [2.05, 4.69) is 28.0 Å². The topological polar surface area (TPSA) is 101 Å². The highest BCUT2D eigenvalue weighted by Gasteiger charge is 2.60. The molecule has 45 heavy (non-hydrogen) atoms. The summed E-state index contributed by atoms with van der Waals surface area (Å²) in [6, 6.07) is 20.3. The first kappa shape index (κ1) is 30.3. The van der Waals surface area contributed by atoms with E-state index in [9.17, 15) is 14.0 Å². The highest BCUT2D eigenvalue weighted by atomic mass is 19.1. The lowest BCUT2D eigenvalue weighted by molar-refractivity contribution is -0.133. The predicted molar refractivity (Wildman–Crippen MR) is 165 cm³/mol. The van der Waals surface area contributed by atoms with Crippen LogP contribution in [0.3, 0.4) is 0 Å². The third-order valence-electron chi connectivity index (χ3n) is 8.39. The van der Waals surface area contributed by atoms with E-state index in [0.29, 0.717) is 42.9 Å². The molecule has 11 heteroatoms. The maximum absolute atomic E-state index is 14.5. The molecule has 4 aromatic rings. The number of rotatable bonds is 9. The Labute approximate surface area is 261 Å². The fourth-order valence-electron chi connectivity index (χ4n) is 6.29. The molecule has 0 bridgehead atoms. The van der Waals surface area contributed by atoms with E-state index in [1.54, 1.807) is 43.5 Å². The van der Waals surface area contributed by atoms with Crippen molar-refractivity contribution in [3.63, 3.8) is 0 Å². The minimum absolute atomic E-state index is 0.0620. The second-order valence-corrected chi connectivity index (χ2v) is 11.9. The van der Waals surface area contributed by atoms with Crippen molar-refractivity contribution in [3.05, 3.63) is 90.0 Å². The fourth-order valence-corrected chi connectivity index (χ4v) is 6.29. The Balaban J connectivity index is 1.25. The summed E-state index contributed by atoms with van der Waals surface area (Å²) in [4.78, 5) is 37.7. The van der Waals surface area contributed by atoms with Crippen molar-refractivity contribution in [2.24, 2.45) is 0 Å². The molecule has 1 spiro atoms. The van der Waals surface area contributed by atoms with Gasteiger partial charge in [-0.3, -0.25) is 19.5 Å². The lowest BCUT2D eigenvalue weighted by Crippen LogP contribution is -2.59. The number of carbonyl (C=O) groups is 2. The van der Waals surface area contributed by atoms with Crippen LogP contribution < -0.4 is 14.4 Å². The third-order valence-corrected chi connectivity index (χ3v) is 8.39. The lowest BCUT2D eigenvalue weighted by Gasteiger charge is -2.45. The van der Waals surface area contributed by atoms with E-state index in [1.165, 1.54) is 17.0 Å². The minimum Gasteiger partial charge on any atom is -0.497 e. The fraction of sp³-hybridized carbons (Fsp3) is 0.353. The van der Waals surface area contributed by atoms with E-state index < -0.39 is 17.4 Å². The van der Waals surface area contributed by atoms with Crippen LogP contribution in [-0.2, 0) is 17.9 Å². The smallest absolute Gasteiger partial charge is 0.332 e. The van der Waals surface area contributed by atoms with Crippen molar-refractivity contribution in [2.45, 2.75) is 64.4 Å². The van der Waals surface area contributed by atoms with Gasteiger partial charge in [-0.05, 0) is 93.8 Å². The number of methoxy groups -OCH3 is 1. The van der Waals surface area contributed by atoms with Crippen LogP contribution in [0.4, 0.5) is 14.9 Å². The number of nitrogens with zero attached hydrogens (tertiary/aromatic N) is 5. The van der Waals surface area contributed by atoms with Crippen molar-refractivity contribution in [1.82, 2.24) is 19.9 Å². The number of aromatic nitrogens is 2. The van der Waals surface area contributed by atoms with Crippen LogP contribution in [-0.4, -0.2) is 63.2 Å². The SMILES string of the molecule is COc1ccc(-c2nc(CN3C(=O)N(c4cccc(F)c4)[C@@]4(CCN(Cc5cccc(OC(C)C)c5)[C@@H](C)C4)C3=O)no2)cc1. The normalized spacial score (nSPS) is 20.4. The number of urea groups is 1.